The number of carbonyl (C=O) groups is 1. The molecule has 0 aliphatic heterocycles. The van der Waals surface area contributed by atoms with Gasteiger partial charge in [-0.2, -0.15) is 0 Å². The molecule has 2 rings (SSSR count). The van der Waals surface area contributed by atoms with E-state index in [1.807, 2.05) is 19.1 Å². The van der Waals surface area contributed by atoms with E-state index < -0.39 is 0 Å². The van der Waals surface area contributed by atoms with Crippen LogP contribution in [0, 0.1) is 6.92 Å². The summed E-state index contributed by atoms with van der Waals surface area (Å²) in [6.45, 7) is 2.22. The monoisotopic (exact) mass is 249 g/mol. The van der Waals surface area contributed by atoms with Gasteiger partial charge in [0.05, 0.1) is 17.1 Å². The normalized spacial score (nSPS) is 10.2. The molecule has 4 heteroatoms. The zero-order valence-corrected chi connectivity index (χ0v) is 10.1. The highest BCUT2D eigenvalue weighted by Gasteiger charge is 2.09. The number of aryl methyl sites for hydroxylation is 1. The van der Waals surface area contributed by atoms with Crippen molar-refractivity contribution in [3.63, 3.8) is 0 Å². The van der Waals surface area contributed by atoms with Crippen molar-refractivity contribution in [2.45, 2.75) is 13.5 Å². The van der Waals surface area contributed by atoms with E-state index in [1.54, 1.807) is 24.3 Å². The van der Waals surface area contributed by atoms with Gasteiger partial charge in [-0.25, -0.2) is 0 Å². The Hall–Kier alpha value is -1.74. The van der Waals surface area contributed by atoms with Gasteiger partial charge >= 0.3 is 0 Å². The van der Waals surface area contributed by atoms with Crippen LogP contribution in [0.5, 0.6) is 0 Å². The lowest BCUT2D eigenvalue weighted by Crippen LogP contribution is -2.22. The zero-order chi connectivity index (χ0) is 12.3. The van der Waals surface area contributed by atoms with Crippen LogP contribution in [0.4, 0.5) is 0 Å². The van der Waals surface area contributed by atoms with E-state index in [-0.39, 0.29) is 5.91 Å². The average Bonchev–Trinajstić information content (AvgIpc) is 2.73. The standard InChI is InChI=1S/C13H12ClNO2/c1-9-6-7-10(17-9)8-15-13(16)11-4-2-3-5-12(11)14/h2-7H,8H2,1H3,(H,15,16). The molecule has 0 atom stereocenters. The van der Waals surface area contributed by atoms with Crippen LogP contribution in [0.2, 0.25) is 5.02 Å². The molecule has 2 aromatic rings. The summed E-state index contributed by atoms with van der Waals surface area (Å²) < 4.78 is 5.35. The Bertz CT molecular complexity index is 534. The SMILES string of the molecule is Cc1ccc(CNC(=O)c2ccccc2Cl)o1. The molecule has 0 spiro atoms. The lowest BCUT2D eigenvalue weighted by Gasteiger charge is -2.04. The van der Waals surface area contributed by atoms with Crippen LogP contribution in [0.25, 0.3) is 0 Å². The first-order valence-electron chi connectivity index (χ1n) is 5.25. The van der Waals surface area contributed by atoms with E-state index in [2.05, 4.69) is 5.32 Å². The van der Waals surface area contributed by atoms with Gasteiger partial charge in [0.1, 0.15) is 11.5 Å². The van der Waals surface area contributed by atoms with Crippen molar-refractivity contribution in [2.24, 2.45) is 0 Å². The summed E-state index contributed by atoms with van der Waals surface area (Å²) in [5.41, 5.74) is 0.470. The van der Waals surface area contributed by atoms with Crippen molar-refractivity contribution in [3.8, 4) is 0 Å². The predicted octanol–water partition coefficient (Wildman–Crippen LogP) is 3.17. The van der Waals surface area contributed by atoms with Crippen LogP contribution in [-0.2, 0) is 6.54 Å². The molecule has 0 aliphatic carbocycles. The number of furan rings is 1. The fourth-order valence-electron chi connectivity index (χ4n) is 1.49. The minimum Gasteiger partial charge on any atom is -0.465 e. The summed E-state index contributed by atoms with van der Waals surface area (Å²) in [4.78, 5) is 11.8. The number of nitrogens with one attached hydrogen (secondary N) is 1. The smallest absolute Gasteiger partial charge is 0.253 e. The lowest BCUT2D eigenvalue weighted by atomic mass is 10.2. The van der Waals surface area contributed by atoms with Gasteiger partial charge in [-0.1, -0.05) is 23.7 Å². The van der Waals surface area contributed by atoms with E-state index in [1.165, 1.54) is 0 Å². The van der Waals surface area contributed by atoms with E-state index in [0.29, 0.717) is 17.1 Å². The Balaban J connectivity index is 2.01. The molecule has 0 bridgehead atoms. The highest BCUT2D eigenvalue weighted by atomic mass is 35.5. The molecule has 0 saturated carbocycles. The number of hydrogen-bond acceptors (Lipinski definition) is 2. The molecule has 1 amide bonds. The third kappa shape index (κ3) is 2.88. The summed E-state index contributed by atoms with van der Waals surface area (Å²) >= 11 is 5.92. The first-order valence-corrected chi connectivity index (χ1v) is 5.62. The third-order valence-electron chi connectivity index (χ3n) is 2.34. The highest BCUT2D eigenvalue weighted by molar-refractivity contribution is 6.33. The van der Waals surface area contributed by atoms with Crippen LogP contribution < -0.4 is 5.32 Å². The first-order chi connectivity index (χ1) is 8.16. The second-order valence-electron chi connectivity index (χ2n) is 3.67. The molecule has 3 nitrogen and oxygen atoms in total. The van der Waals surface area contributed by atoms with Crippen molar-refractivity contribution >= 4 is 17.5 Å². The van der Waals surface area contributed by atoms with Crippen LogP contribution >= 0.6 is 11.6 Å². The summed E-state index contributed by atoms with van der Waals surface area (Å²) in [7, 11) is 0. The van der Waals surface area contributed by atoms with Crippen LogP contribution in [-0.4, -0.2) is 5.91 Å². The molecule has 0 unspecified atom stereocenters. The van der Waals surface area contributed by atoms with Crippen molar-refractivity contribution in [2.75, 3.05) is 0 Å². The average molecular weight is 250 g/mol. The first kappa shape index (κ1) is 11.7. The maximum Gasteiger partial charge on any atom is 0.253 e. The number of benzene rings is 1. The van der Waals surface area contributed by atoms with Crippen molar-refractivity contribution < 1.29 is 9.21 Å². The molecular formula is C13H12ClNO2. The zero-order valence-electron chi connectivity index (χ0n) is 9.37. The summed E-state index contributed by atoms with van der Waals surface area (Å²) in [6.07, 6.45) is 0. The van der Waals surface area contributed by atoms with Crippen molar-refractivity contribution in [1.82, 2.24) is 5.32 Å². The van der Waals surface area contributed by atoms with Gasteiger partial charge in [-0.3, -0.25) is 4.79 Å². The Morgan fingerprint density at radius 1 is 1.29 bits per heavy atom. The molecule has 1 aromatic heterocycles. The molecule has 1 heterocycles. The van der Waals surface area contributed by atoms with Crippen LogP contribution in [0.15, 0.2) is 40.8 Å². The van der Waals surface area contributed by atoms with Crippen LogP contribution in [0.1, 0.15) is 21.9 Å². The summed E-state index contributed by atoms with van der Waals surface area (Å²) in [5, 5.41) is 3.20. The van der Waals surface area contributed by atoms with Gasteiger partial charge in [0, 0.05) is 0 Å². The molecule has 88 valence electrons. The van der Waals surface area contributed by atoms with Crippen molar-refractivity contribution in [3.05, 3.63) is 58.5 Å². The molecule has 1 aromatic carbocycles. The fraction of sp³-hybridized carbons (Fsp3) is 0.154. The molecule has 0 saturated heterocycles. The molecular weight excluding hydrogens is 238 g/mol. The van der Waals surface area contributed by atoms with Gasteiger partial charge in [0.25, 0.3) is 5.91 Å². The Labute approximate surface area is 104 Å². The van der Waals surface area contributed by atoms with Gasteiger partial charge in [0.15, 0.2) is 0 Å². The molecule has 17 heavy (non-hydrogen) atoms. The maximum absolute atomic E-state index is 11.8. The van der Waals surface area contributed by atoms with Crippen LogP contribution in [0.3, 0.4) is 0 Å². The Kier molecular flexibility index (Phi) is 3.49. The molecule has 0 radical (unpaired) electrons. The van der Waals surface area contributed by atoms with E-state index in [4.69, 9.17) is 16.0 Å². The summed E-state index contributed by atoms with van der Waals surface area (Å²) in [6, 6.07) is 10.6. The maximum atomic E-state index is 11.8. The minimum atomic E-state index is -0.204. The Morgan fingerprint density at radius 2 is 2.06 bits per heavy atom. The number of rotatable bonds is 3. The van der Waals surface area contributed by atoms with E-state index in [9.17, 15) is 4.79 Å². The molecule has 1 N–H and O–H groups in total. The number of halogens is 1. The fourth-order valence-corrected chi connectivity index (χ4v) is 1.71. The largest absolute Gasteiger partial charge is 0.465 e. The topological polar surface area (TPSA) is 42.2 Å². The quantitative estimate of drug-likeness (QED) is 0.908. The van der Waals surface area contributed by atoms with Gasteiger partial charge < -0.3 is 9.73 Å². The van der Waals surface area contributed by atoms with Gasteiger partial charge in [0.2, 0.25) is 0 Å². The van der Waals surface area contributed by atoms with Gasteiger partial charge in [-0.05, 0) is 31.2 Å². The van der Waals surface area contributed by atoms with E-state index in [0.717, 1.165) is 11.5 Å². The second kappa shape index (κ2) is 5.06. The number of carbonyl (C=O) groups excluding carboxylic acids is 1. The third-order valence-corrected chi connectivity index (χ3v) is 2.67. The predicted molar refractivity (Wildman–Crippen MR) is 66.1 cm³/mol. The second-order valence-corrected chi connectivity index (χ2v) is 4.08. The highest BCUT2D eigenvalue weighted by Crippen LogP contribution is 2.14. The van der Waals surface area contributed by atoms with Crippen molar-refractivity contribution in [1.29, 1.82) is 0 Å². The minimum absolute atomic E-state index is 0.204. The summed E-state index contributed by atoms with van der Waals surface area (Å²) in [5.74, 6) is 1.35. The number of hydrogen-bond donors (Lipinski definition) is 1. The van der Waals surface area contributed by atoms with E-state index >= 15 is 0 Å². The Morgan fingerprint density at radius 3 is 2.71 bits per heavy atom. The van der Waals surface area contributed by atoms with Gasteiger partial charge in [-0.15, -0.1) is 0 Å². The molecule has 0 fully saturated rings. The lowest BCUT2D eigenvalue weighted by molar-refractivity contribution is 0.0948. The molecule has 0 aliphatic rings. The number of amides is 1.